The number of carboxylic acids is 1. The summed E-state index contributed by atoms with van der Waals surface area (Å²) < 4.78 is 5.40. The molecule has 1 aliphatic rings. The number of rotatable bonds is 4. The zero-order chi connectivity index (χ0) is 12.3. The Hall–Kier alpha value is -1.35. The smallest absolute Gasteiger partial charge is 0.307 e. The van der Waals surface area contributed by atoms with Crippen LogP contribution in [0.5, 0.6) is 0 Å². The molecule has 1 N–H and O–H groups in total. The van der Waals surface area contributed by atoms with Gasteiger partial charge in [-0.2, -0.15) is 0 Å². The van der Waals surface area contributed by atoms with Crippen molar-refractivity contribution in [3.05, 3.63) is 35.4 Å². The van der Waals surface area contributed by atoms with Gasteiger partial charge < -0.3 is 9.84 Å². The zero-order valence-electron chi connectivity index (χ0n) is 10.1. The molecule has 1 heterocycles. The van der Waals surface area contributed by atoms with Crippen LogP contribution < -0.4 is 0 Å². The molecule has 1 aromatic carbocycles. The van der Waals surface area contributed by atoms with Gasteiger partial charge in [0.15, 0.2) is 0 Å². The van der Waals surface area contributed by atoms with E-state index in [2.05, 4.69) is 6.92 Å². The predicted octanol–water partition coefficient (Wildman–Crippen LogP) is 2.45. The SMILES string of the molecule is CC(c1ccc(CC(=O)O)cc1)C1CCOC1. The summed E-state index contributed by atoms with van der Waals surface area (Å²) in [6.07, 6.45) is 1.22. The second-order valence-electron chi connectivity index (χ2n) is 4.72. The molecule has 0 saturated carbocycles. The van der Waals surface area contributed by atoms with Gasteiger partial charge in [-0.3, -0.25) is 4.79 Å². The lowest BCUT2D eigenvalue weighted by atomic mass is 9.87. The maximum absolute atomic E-state index is 10.6. The van der Waals surface area contributed by atoms with Crippen molar-refractivity contribution in [3.8, 4) is 0 Å². The third kappa shape index (κ3) is 3.07. The van der Waals surface area contributed by atoms with E-state index in [0.717, 1.165) is 25.2 Å². The predicted molar refractivity (Wildman–Crippen MR) is 65.1 cm³/mol. The van der Waals surface area contributed by atoms with Crippen LogP contribution in [0.15, 0.2) is 24.3 Å². The highest BCUT2D eigenvalue weighted by molar-refractivity contribution is 5.70. The number of ether oxygens (including phenoxy) is 1. The Morgan fingerprint density at radius 3 is 2.71 bits per heavy atom. The fraction of sp³-hybridized carbons (Fsp3) is 0.500. The van der Waals surface area contributed by atoms with Crippen LogP contribution in [0.3, 0.4) is 0 Å². The molecule has 0 aromatic heterocycles. The van der Waals surface area contributed by atoms with Crippen LogP contribution in [-0.2, 0) is 16.0 Å². The van der Waals surface area contributed by atoms with Crippen molar-refractivity contribution in [2.45, 2.75) is 25.7 Å². The minimum atomic E-state index is -0.782. The second-order valence-corrected chi connectivity index (χ2v) is 4.72. The van der Waals surface area contributed by atoms with E-state index in [1.54, 1.807) is 0 Å². The molecule has 0 aliphatic carbocycles. The summed E-state index contributed by atoms with van der Waals surface area (Å²) in [7, 11) is 0. The Labute approximate surface area is 101 Å². The maximum atomic E-state index is 10.6. The van der Waals surface area contributed by atoms with Crippen molar-refractivity contribution in [1.82, 2.24) is 0 Å². The first-order chi connectivity index (χ1) is 8.16. The second kappa shape index (κ2) is 5.32. The normalized spacial score (nSPS) is 21.4. The summed E-state index contributed by atoms with van der Waals surface area (Å²) in [5.74, 6) is 0.298. The lowest BCUT2D eigenvalue weighted by molar-refractivity contribution is -0.136. The van der Waals surface area contributed by atoms with Gasteiger partial charge >= 0.3 is 5.97 Å². The Bertz CT molecular complexity index is 377. The first kappa shape index (κ1) is 12.1. The number of hydrogen-bond acceptors (Lipinski definition) is 2. The summed E-state index contributed by atoms with van der Waals surface area (Å²) >= 11 is 0. The lowest BCUT2D eigenvalue weighted by Gasteiger charge is -2.18. The average Bonchev–Trinajstić information content (AvgIpc) is 2.82. The molecule has 3 heteroatoms. The summed E-state index contributed by atoms with van der Waals surface area (Å²) in [5, 5.41) is 8.70. The van der Waals surface area contributed by atoms with Gasteiger partial charge in [-0.25, -0.2) is 0 Å². The van der Waals surface area contributed by atoms with E-state index in [0.29, 0.717) is 11.8 Å². The highest BCUT2D eigenvalue weighted by Gasteiger charge is 2.23. The monoisotopic (exact) mass is 234 g/mol. The molecular formula is C14H18O3. The van der Waals surface area contributed by atoms with Crippen LogP contribution >= 0.6 is 0 Å². The molecule has 0 spiro atoms. The highest BCUT2D eigenvalue weighted by atomic mass is 16.5. The first-order valence-electron chi connectivity index (χ1n) is 6.05. The molecule has 2 rings (SSSR count). The molecular weight excluding hydrogens is 216 g/mol. The standard InChI is InChI=1S/C14H18O3/c1-10(13-6-7-17-9-13)12-4-2-11(3-5-12)8-14(15)16/h2-5,10,13H,6-9H2,1H3,(H,15,16). The third-order valence-electron chi connectivity index (χ3n) is 3.53. The van der Waals surface area contributed by atoms with E-state index < -0.39 is 5.97 Å². The van der Waals surface area contributed by atoms with Gasteiger partial charge in [0, 0.05) is 6.61 Å². The molecule has 2 atom stereocenters. The number of benzene rings is 1. The fourth-order valence-electron chi connectivity index (χ4n) is 2.33. The molecule has 1 aliphatic heterocycles. The van der Waals surface area contributed by atoms with Crippen molar-refractivity contribution in [2.75, 3.05) is 13.2 Å². The molecule has 0 radical (unpaired) electrons. The van der Waals surface area contributed by atoms with E-state index in [9.17, 15) is 4.79 Å². The van der Waals surface area contributed by atoms with Crippen molar-refractivity contribution >= 4 is 5.97 Å². The van der Waals surface area contributed by atoms with Gasteiger partial charge in [0.25, 0.3) is 0 Å². The molecule has 17 heavy (non-hydrogen) atoms. The first-order valence-corrected chi connectivity index (χ1v) is 6.05. The van der Waals surface area contributed by atoms with Gasteiger partial charge in [-0.05, 0) is 29.4 Å². The fourth-order valence-corrected chi connectivity index (χ4v) is 2.33. The van der Waals surface area contributed by atoms with Gasteiger partial charge in [-0.1, -0.05) is 31.2 Å². The summed E-state index contributed by atoms with van der Waals surface area (Å²) in [6.45, 7) is 3.93. The molecule has 1 aromatic rings. The summed E-state index contributed by atoms with van der Waals surface area (Å²) in [4.78, 5) is 10.6. The minimum absolute atomic E-state index is 0.0984. The molecule has 0 bridgehead atoms. The average molecular weight is 234 g/mol. The highest BCUT2D eigenvalue weighted by Crippen LogP contribution is 2.30. The number of carbonyl (C=O) groups is 1. The summed E-state index contributed by atoms with van der Waals surface area (Å²) in [6, 6.07) is 7.91. The molecule has 2 unspecified atom stereocenters. The van der Waals surface area contributed by atoms with Crippen molar-refractivity contribution in [2.24, 2.45) is 5.92 Å². The molecule has 1 fully saturated rings. The minimum Gasteiger partial charge on any atom is -0.481 e. The molecule has 0 amide bonds. The van der Waals surface area contributed by atoms with Crippen LogP contribution in [0.1, 0.15) is 30.4 Å². The van der Waals surface area contributed by atoms with Crippen LogP contribution in [0.25, 0.3) is 0 Å². The Morgan fingerprint density at radius 1 is 1.47 bits per heavy atom. The van der Waals surface area contributed by atoms with E-state index in [4.69, 9.17) is 9.84 Å². The van der Waals surface area contributed by atoms with Crippen molar-refractivity contribution in [3.63, 3.8) is 0 Å². The Balaban J connectivity index is 2.03. The van der Waals surface area contributed by atoms with Crippen LogP contribution in [-0.4, -0.2) is 24.3 Å². The number of hydrogen-bond donors (Lipinski definition) is 1. The van der Waals surface area contributed by atoms with Crippen molar-refractivity contribution in [1.29, 1.82) is 0 Å². The quantitative estimate of drug-likeness (QED) is 0.870. The van der Waals surface area contributed by atoms with Gasteiger partial charge in [0.2, 0.25) is 0 Å². The van der Waals surface area contributed by atoms with Gasteiger partial charge in [0.1, 0.15) is 0 Å². The molecule has 1 saturated heterocycles. The Morgan fingerprint density at radius 2 is 2.18 bits per heavy atom. The Kier molecular flexibility index (Phi) is 3.79. The molecule has 92 valence electrons. The maximum Gasteiger partial charge on any atom is 0.307 e. The number of carboxylic acid groups (broad SMARTS) is 1. The van der Waals surface area contributed by atoms with E-state index in [1.807, 2.05) is 24.3 Å². The van der Waals surface area contributed by atoms with E-state index in [-0.39, 0.29) is 6.42 Å². The number of aliphatic carboxylic acids is 1. The van der Waals surface area contributed by atoms with E-state index >= 15 is 0 Å². The summed E-state index contributed by atoms with van der Waals surface area (Å²) in [5.41, 5.74) is 2.13. The zero-order valence-corrected chi connectivity index (χ0v) is 10.1. The van der Waals surface area contributed by atoms with Crippen LogP contribution in [0, 0.1) is 5.92 Å². The van der Waals surface area contributed by atoms with Crippen molar-refractivity contribution < 1.29 is 14.6 Å². The largest absolute Gasteiger partial charge is 0.481 e. The molecule has 3 nitrogen and oxygen atoms in total. The lowest BCUT2D eigenvalue weighted by Crippen LogP contribution is -2.10. The van der Waals surface area contributed by atoms with Gasteiger partial charge in [-0.15, -0.1) is 0 Å². The van der Waals surface area contributed by atoms with Gasteiger partial charge in [0.05, 0.1) is 13.0 Å². The van der Waals surface area contributed by atoms with Crippen LogP contribution in [0.2, 0.25) is 0 Å². The third-order valence-corrected chi connectivity index (χ3v) is 3.53. The van der Waals surface area contributed by atoms with Crippen LogP contribution in [0.4, 0.5) is 0 Å². The van der Waals surface area contributed by atoms with E-state index in [1.165, 1.54) is 5.56 Å². The topological polar surface area (TPSA) is 46.5 Å².